The lowest BCUT2D eigenvalue weighted by molar-refractivity contribution is 0.934. The van der Waals surface area contributed by atoms with Crippen molar-refractivity contribution in [3.05, 3.63) is 36.5 Å². The van der Waals surface area contributed by atoms with Gasteiger partial charge in [-0.1, -0.05) is 23.6 Å². The molecule has 0 spiro atoms. The Labute approximate surface area is 75.7 Å². The van der Waals surface area contributed by atoms with E-state index in [1.165, 1.54) is 17.6 Å². The Hall–Kier alpha value is -1.22. The second-order valence-electron chi connectivity index (χ2n) is 2.58. The highest BCUT2D eigenvalue weighted by Gasteiger charge is 1.98. The molecule has 0 N–H and O–H groups in total. The monoisotopic (exact) mass is 160 g/mol. The van der Waals surface area contributed by atoms with Crippen LogP contribution >= 0.6 is 0 Å². The average molecular weight is 160 g/mol. The summed E-state index contributed by atoms with van der Waals surface area (Å²) in [6.07, 6.45) is 6.59. The van der Waals surface area contributed by atoms with Crippen molar-refractivity contribution in [2.75, 3.05) is 0 Å². The van der Waals surface area contributed by atoms with E-state index in [0.717, 1.165) is 6.42 Å². The van der Waals surface area contributed by atoms with Crippen molar-refractivity contribution in [2.24, 2.45) is 0 Å². The lowest BCUT2D eigenvalue weighted by Gasteiger charge is -2.05. The van der Waals surface area contributed by atoms with Gasteiger partial charge in [0.15, 0.2) is 0 Å². The number of hydrogen-bond donors (Lipinski definition) is 0. The Balaban J connectivity index is 0.000000561. The van der Waals surface area contributed by atoms with Crippen LogP contribution in [0, 0.1) is 11.8 Å². The van der Waals surface area contributed by atoms with E-state index in [0.29, 0.717) is 0 Å². The zero-order chi connectivity index (χ0) is 9.40. The van der Waals surface area contributed by atoms with Gasteiger partial charge in [0, 0.05) is 5.57 Å². The molecule has 0 aromatic heterocycles. The molecule has 0 fully saturated rings. The first kappa shape index (κ1) is 10.8. The van der Waals surface area contributed by atoms with Crippen molar-refractivity contribution < 1.29 is 0 Å². The van der Waals surface area contributed by atoms with Crippen LogP contribution < -0.4 is 0 Å². The summed E-state index contributed by atoms with van der Waals surface area (Å²) in [5, 5.41) is 0. The van der Waals surface area contributed by atoms with Crippen molar-refractivity contribution in [2.45, 2.75) is 26.7 Å². The average Bonchev–Trinajstić information content (AvgIpc) is 2.13. The predicted octanol–water partition coefficient (Wildman–Crippen LogP) is 3.48. The smallest absolute Gasteiger partial charge is 0.00233 e. The van der Waals surface area contributed by atoms with E-state index in [9.17, 15) is 0 Å². The molecule has 0 atom stereocenters. The van der Waals surface area contributed by atoms with Crippen LogP contribution in [0.3, 0.4) is 0 Å². The maximum absolute atomic E-state index is 3.07. The number of rotatable bonds is 0. The fraction of sp³-hybridized carbons (Fsp3) is 0.333. The van der Waals surface area contributed by atoms with E-state index < -0.39 is 0 Å². The third-order valence-electron chi connectivity index (χ3n) is 1.64. The zero-order valence-corrected chi connectivity index (χ0v) is 7.98. The minimum absolute atomic E-state index is 1.13. The van der Waals surface area contributed by atoms with Gasteiger partial charge in [-0.3, -0.25) is 0 Å². The maximum atomic E-state index is 3.07. The number of allylic oxidation sites excluding steroid dienone is 4. The molecule has 64 valence electrons. The van der Waals surface area contributed by atoms with Gasteiger partial charge in [0.2, 0.25) is 0 Å². The second kappa shape index (κ2) is 6.49. The summed E-state index contributed by atoms with van der Waals surface area (Å²) in [6, 6.07) is 0. The molecule has 0 aliphatic heterocycles. The Kier molecular flexibility index (Phi) is 5.83. The Bertz CT molecular complexity index is 243. The first-order chi connectivity index (χ1) is 5.83. The van der Waals surface area contributed by atoms with Crippen LogP contribution in [0.15, 0.2) is 36.5 Å². The molecule has 0 saturated carbocycles. The molecular weight excluding hydrogens is 144 g/mol. The summed E-state index contributed by atoms with van der Waals surface area (Å²) in [5.74, 6) is 5.98. The molecule has 0 aromatic carbocycles. The topological polar surface area (TPSA) is 0 Å². The van der Waals surface area contributed by atoms with Crippen molar-refractivity contribution in [3.63, 3.8) is 0 Å². The van der Waals surface area contributed by atoms with E-state index in [4.69, 9.17) is 0 Å². The fourth-order valence-corrected chi connectivity index (χ4v) is 1.01. The minimum atomic E-state index is 1.13. The van der Waals surface area contributed by atoms with Crippen LogP contribution in [0.4, 0.5) is 0 Å². The third-order valence-corrected chi connectivity index (χ3v) is 1.64. The van der Waals surface area contributed by atoms with E-state index in [-0.39, 0.29) is 0 Å². The highest BCUT2D eigenvalue weighted by atomic mass is 14.0. The Morgan fingerprint density at radius 1 is 1.25 bits per heavy atom. The largest absolute Gasteiger partial charge is 0.106 e. The van der Waals surface area contributed by atoms with Gasteiger partial charge < -0.3 is 0 Å². The lowest BCUT2D eigenvalue weighted by Crippen LogP contribution is -1.87. The van der Waals surface area contributed by atoms with E-state index >= 15 is 0 Å². The van der Waals surface area contributed by atoms with Gasteiger partial charge in [0.25, 0.3) is 0 Å². The fourth-order valence-electron chi connectivity index (χ4n) is 1.01. The van der Waals surface area contributed by atoms with Crippen molar-refractivity contribution in [3.8, 4) is 11.8 Å². The van der Waals surface area contributed by atoms with Gasteiger partial charge in [-0.25, -0.2) is 0 Å². The van der Waals surface area contributed by atoms with Crippen LogP contribution in [0.1, 0.15) is 26.7 Å². The predicted molar refractivity (Wildman–Crippen MR) is 55.8 cm³/mol. The highest BCUT2D eigenvalue weighted by Crippen LogP contribution is 2.16. The standard InChI is InChI=1S/C10H12.C2H4/c1-3-4-10-7-5-9(2)6-8-10;1-2/h5,7H,6,8H2,1-2H3;1-2H2. The summed E-state index contributed by atoms with van der Waals surface area (Å²) in [6.45, 7) is 10.0. The highest BCUT2D eigenvalue weighted by molar-refractivity contribution is 5.35. The summed E-state index contributed by atoms with van der Waals surface area (Å²) in [5.41, 5.74) is 2.73. The SMILES string of the molecule is C=C.CC#CC1=CC=C(C)CC1. The summed E-state index contributed by atoms with van der Waals surface area (Å²) in [4.78, 5) is 0. The molecule has 0 amide bonds. The second-order valence-corrected chi connectivity index (χ2v) is 2.58. The minimum Gasteiger partial charge on any atom is -0.106 e. The first-order valence-electron chi connectivity index (χ1n) is 4.12. The Morgan fingerprint density at radius 3 is 2.33 bits per heavy atom. The van der Waals surface area contributed by atoms with Gasteiger partial charge in [0.1, 0.15) is 0 Å². The quantitative estimate of drug-likeness (QED) is 0.376. The summed E-state index contributed by atoms with van der Waals surface area (Å²) in [7, 11) is 0. The van der Waals surface area contributed by atoms with Crippen LogP contribution in [0.25, 0.3) is 0 Å². The van der Waals surface area contributed by atoms with Crippen molar-refractivity contribution >= 4 is 0 Å². The molecule has 0 unspecified atom stereocenters. The normalized spacial score (nSPS) is 14.2. The molecule has 1 rings (SSSR count). The van der Waals surface area contributed by atoms with E-state index in [2.05, 4.69) is 44.1 Å². The van der Waals surface area contributed by atoms with Crippen LogP contribution in [0.5, 0.6) is 0 Å². The van der Waals surface area contributed by atoms with Gasteiger partial charge in [-0.15, -0.1) is 19.1 Å². The molecule has 0 nitrogen and oxygen atoms in total. The summed E-state index contributed by atoms with van der Waals surface area (Å²) >= 11 is 0. The van der Waals surface area contributed by atoms with Crippen LogP contribution in [-0.2, 0) is 0 Å². The third kappa shape index (κ3) is 3.83. The molecule has 0 heteroatoms. The van der Waals surface area contributed by atoms with Crippen molar-refractivity contribution in [1.82, 2.24) is 0 Å². The van der Waals surface area contributed by atoms with E-state index in [1.54, 1.807) is 0 Å². The summed E-state index contributed by atoms with van der Waals surface area (Å²) < 4.78 is 0. The molecular formula is C12H16. The van der Waals surface area contributed by atoms with Gasteiger partial charge in [-0.05, 0) is 26.7 Å². The first-order valence-corrected chi connectivity index (χ1v) is 4.12. The van der Waals surface area contributed by atoms with Gasteiger partial charge >= 0.3 is 0 Å². The maximum Gasteiger partial charge on any atom is 0.00233 e. The number of hydrogen-bond acceptors (Lipinski definition) is 0. The van der Waals surface area contributed by atoms with Crippen LogP contribution in [-0.4, -0.2) is 0 Å². The van der Waals surface area contributed by atoms with Gasteiger partial charge in [0.05, 0.1) is 0 Å². The molecule has 0 saturated heterocycles. The molecule has 0 bridgehead atoms. The van der Waals surface area contributed by atoms with E-state index in [1.807, 2.05) is 6.92 Å². The molecule has 1 aliphatic carbocycles. The molecule has 1 aliphatic rings. The lowest BCUT2D eigenvalue weighted by atomic mass is 10.0. The molecule has 0 aromatic rings. The van der Waals surface area contributed by atoms with Gasteiger partial charge in [-0.2, -0.15) is 0 Å². The zero-order valence-electron chi connectivity index (χ0n) is 7.98. The molecule has 12 heavy (non-hydrogen) atoms. The molecule has 0 radical (unpaired) electrons. The van der Waals surface area contributed by atoms with Crippen molar-refractivity contribution in [1.29, 1.82) is 0 Å². The van der Waals surface area contributed by atoms with Crippen LogP contribution in [0.2, 0.25) is 0 Å². The molecule has 0 heterocycles. The Morgan fingerprint density at radius 2 is 1.92 bits per heavy atom.